The van der Waals surface area contributed by atoms with Crippen LogP contribution in [0.15, 0.2) is 30.5 Å². The molecule has 1 unspecified atom stereocenters. The standard InChI is InChI=1S/C17H20Cl2N4/c1-2-13-5-3-4-10-23(13)16-8-9-20-17(22-16)21-12-6-7-14(18)15(19)11-12/h6-9,11,13H,2-5,10H2,1H3,(H,20,21,22). The Bertz CT molecular complexity index is 677. The third kappa shape index (κ3) is 3.88. The summed E-state index contributed by atoms with van der Waals surface area (Å²) >= 11 is 12.0. The molecule has 0 spiro atoms. The number of nitrogens with one attached hydrogen (secondary N) is 1. The second-order valence-corrected chi connectivity index (χ2v) is 6.56. The van der Waals surface area contributed by atoms with Crippen molar-refractivity contribution in [3.63, 3.8) is 0 Å². The minimum absolute atomic E-state index is 0.509. The Morgan fingerprint density at radius 3 is 2.87 bits per heavy atom. The lowest BCUT2D eigenvalue weighted by Gasteiger charge is -2.36. The predicted octanol–water partition coefficient (Wildman–Crippen LogP) is 5.30. The van der Waals surface area contributed by atoms with Gasteiger partial charge in [0.2, 0.25) is 5.95 Å². The van der Waals surface area contributed by atoms with E-state index in [2.05, 4.69) is 27.1 Å². The van der Waals surface area contributed by atoms with E-state index < -0.39 is 0 Å². The molecule has 0 amide bonds. The van der Waals surface area contributed by atoms with E-state index >= 15 is 0 Å². The summed E-state index contributed by atoms with van der Waals surface area (Å²) < 4.78 is 0. The first-order valence-corrected chi connectivity index (χ1v) is 8.74. The molecule has 6 heteroatoms. The highest BCUT2D eigenvalue weighted by Crippen LogP contribution is 2.28. The molecule has 1 aliphatic rings. The van der Waals surface area contributed by atoms with Gasteiger partial charge in [-0.25, -0.2) is 4.98 Å². The zero-order valence-corrected chi connectivity index (χ0v) is 14.6. The molecular weight excluding hydrogens is 331 g/mol. The van der Waals surface area contributed by atoms with E-state index in [1.54, 1.807) is 18.3 Å². The third-order valence-electron chi connectivity index (χ3n) is 4.21. The SMILES string of the molecule is CCC1CCCCN1c1ccnc(Nc2ccc(Cl)c(Cl)c2)n1. The second kappa shape index (κ2) is 7.37. The summed E-state index contributed by atoms with van der Waals surface area (Å²) in [6, 6.07) is 7.94. The minimum atomic E-state index is 0.509. The fourth-order valence-electron chi connectivity index (χ4n) is 3.00. The molecule has 23 heavy (non-hydrogen) atoms. The smallest absolute Gasteiger partial charge is 0.229 e. The number of hydrogen-bond donors (Lipinski definition) is 1. The molecule has 1 fully saturated rings. The largest absolute Gasteiger partial charge is 0.353 e. The number of nitrogens with zero attached hydrogens (tertiary/aromatic N) is 3. The van der Waals surface area contributed by atoms with Crippen molar-refractivity contribution in [3.8, 4) is 0 Å². The van der Waals surface area contributed by atoms with Crippen molar-refractivity contribution in [2.24, 2.45) is 0 Å². The first-order chi connectivity index (χ1) is 11.2. The molecule has 1 aliphatic heterocycles. The molecule has 0 aliphatic carbocycles. The summed E-state index contributed by atoms with van der Waals surface area (Å²) in [5.41, 5.74) is 0.822. The monoisotopic (exact) mass is 350 g/mol. The van der Waals surface area contributed by atoms with Crippen molar-refractivity contribution in [2.75, 3.05) is 16.8 Å². The molecule has 0 saturated carbocycles. The van der Waals surface area contributed by atoms with Gasteiger partial charge in [0.25, 0.3) is 0 Å². The predicted molar refractivity (Wildman–Crippen MR) is 97.1 cm³/mol. The Labute approximate surface area is 146 Å². The quantitative estimate of drug-likeness (QED) is 0.812. The molecule has 1 atom stereocenters. The van der Waals surface area contributed by atoms with E-state index in [0.717, 1.165) is 24.5 Å². The van der Waals surface area contributed by atoms with Crippen molar-refractivity contribution in [1.82, 2.24) is 9.97 Å². The van der Waals surface area contributed by atoms with Gasteiger partial charge in [0.1, 0.15) is 5.82 Å². The molecule has 1 aromatic heterocycles. The maximum Gasteiger partial charge on any atom is 0.229 e. The maximum absolute atomic E-state index is 6.05. The minimum Gasteiger partial charge on any atom is -0.353 e. The van der Waals surface area contributed by atoms with Crippen LogP contribution in [0.5, 0.6) is 0 Å². The van der Waals surface area contributed by atoms with E-state index in [1.165, 1.54) is 19.3 Å². The Morgan fingerprint density at radius 1 is 1.22 bits per heavy atom. The summed E-state index contributed by atoms with van der Waals surface area (Å²) in [6.07, 6.45) is 6.68. The average molecular weight is 351 g/mol. The lowest BCUT2D eigenvalue weighted by Crippen LogP contribution is -2.39. The molecule has 2 heterocycles. The zero-order valence-electron chi connectivity index (χ0n) is 13.1. The highest BCUT2D eigenvalue weighted by Gasteiger charge is 2.22. The highest BCUT2D eigenvalue weighted by atomic mass is 35.5. The van der Waals surface area contributed by atoms with Crippen molar-refractivity contribution in [1.29, 1.82) is 0 Å². The summed E-state index contributed by atoms with van der Waals surface area (Å²) in [5.74, 6) is 1.55. The molecule has 1 saturated heterocycles. The molecular formula is C17H20Cl2N4. The Morgan fingerprint density at radius 2 is 2.09 bits per heavy atom. The van der Waals surface area contributed by atoms with Crippen LogP contribution in [0.3, 0.4) is 0 Å². The number of piperidine rings is 1. The van der Waals surface area contributed by atoms with E-state index in [-0.39, 0.29) is 0 Å². The van der Waals surface area contributed by atoms with Crippen LogP contribution in [0.4, 0.5) is 17.5 Å². The van der Waals surface area contributed by atoms with Crippen molar-refractivity contribution in [3.05, 3.63) is 40.5 Å². The fraction of sp³-hybridized carbons (Fsp3) is 0.412. The summed E-state index contributed by atoms with van der Waals surface area (Å²) in [7, 11) is 0. The summed E-state index contributed by atoms with van der Waals surface area (Å²) in [5, 5.41) is 4.23. The van der Waals surface area contributed by atoms with Crippen LogP contribution < -0.4 is 10.2 Å². The van der Waals surface area contributed by atoms with Gasteiger partial charge in [0, 0.05) is 24.5 Å². The van der Waals surface area contributed by atoms with E-state index in [1.807, 2.05) is 12.1 Å². The molecule has 0 radical (unpaired) electrons. The Kier molecular flexibility index (Phi) is 5.23. The molecule has 1 N–H and O–H groups in total. The number of hydrogen-bond acceptors (Lipinski definition) is 4. The maximum atomic E-state index is 6.05. The second-order valence-electron chi connectivity index (χ2n) is 5.74. The van der Waals surface area contributed by atoms with Gasteiger partial charge in [-0.2, -0.15) is 4.98 Å². The molecule has 0 bridgehead atoms. The van der Waals surface area contributed by atoms with Gasteiger partial charge < -0.3 is 10.2 Å². The molecule has 3 rings (SSSR count). The average Bonchev–Trinajstić information content (AvgIpc) is 2.58. The third-order valence-corrected chi connectivity index (χ3v) is 4.95. The van der Waals surface area contributed by atoms with Gasteiger partial charge in [-0.15, -0.1) is 0 Å². The molecule has 2 aromatic rings. The lowest BCUT2D eigenvalue weighted by atomic mass is 10.0. The number of benzene rings is 1. The van der Waals surface area contributed by atoms with Crippen molar-refractivity contribution >= 4 is 40.7 Å². The van der Waals surface area contributed by atoms with Crippen LogP contribution in [0.25, 0.3) is 0 Å². The first-order valence-electron chi connectivity index (χ1n) is 7.99. The molecule has 1 aromatic carbocycles. The Hall–Kier alpha value is -1.52. The lowest BCUT2D eigenvalue weighted by molar-refractivity contribution is 0.447. The van der Waals surface area contributed by atoms with Gasteiger partial charge in [-0.1, -0.05) is 30.1 Å². The van der Waals surface area contributed by atoms with E-state index in [0.29, 0.717) is 22.0 Å². The molecule has 122 valence electrons. The first kappa shape index (κ1) is 16.3. The highest BCUT2D eigenvalue weighted by molar-refractivity contribution is 6.42. The number of anilines is 3. The van der Waals surface area contributed by atoms with Gasteiger partial charge in [0.15, 0.2) is 0 Å². The molecule has 4 nitrogen and oxygen atoms in total. The number of rotatable bonds is 4. The van der Waals surface area contributed by atoms with Crippen LogP contribution in [-0.4, -0.2) is 22.6 Å². The van der Waals surface area contributed by atoms with Crippen LogP contribution in [0.2, 0.25) is 10.0 Å². The normalized spacial score (nSPS) is 18.0. The van der Waals surface area contributed by atoms with Gasteiger partial charge >= 0.3 is 0 Å². The summed E-state index contributed by atoms with van der Waals surface area (Å²) in [4.78, 5) is 11.4. The zero-order chi connectivity index (χ0) is 16.2. The Balaban J connectivity index is 1.80. The number of halogens is 2. The van der Waals surface area contributed by atoms with Crippen LogP contribution in [0, 0.1) is 0 Å². The number of aromatic nitrogens is 2. The van der Waals surface area contributed by atoms with Gasteiger partial charge in [-0.3, -0.25) is 0 Å². The van der Waals surface area contributed by atoms with E-state index in [4.69, 9.17) is 23.2 Å². The van der Waals surface area contributed by atoms with Crippen LogP contribution >= 0.6 is 23.2 Å². The van der Waals surface area contributed by atoms with Crippen LogP contribution in [-0.2, 0) is 0 Å². The van der Waals surface area contributed by atoms with Crippen molar-refractivity contribution in [2.45, 2.75) is 38.6 Å². The fourth-order valence-corrected chi connectivity index (χ4v) is 3.30. The topological polar surface area (TPSA) is 41.1 Å². The summed E-state index contributed by atoms with van der Waals surface area (Å²) in [6.45, 7) is 3.29. The van der Waals surface area contributed by atoms with E-state index in [9.17, 15) is 0 Å². The van der Waals surface area contributed by atoms with Gasteiger partial charge in [-0.05, 0) is 49.9 Å². The van der Waals surface area contributed by atoms with Crippen molar-refractivity contribution < 1.29 is 0 Å². The van der Waals surface area contributed by atoms with Gasteiger partial charge in [0.05, 0.1) is 10.0 Å². The van der Waals surface area contributed by atoms with Crippen LogP contribution in [0.1, 0.15) is 32.6 Å².